The van der Waals surface area contributed by atoms with Crippen molar-refractivity contribution in [3.8, 4) is 0 Å². The number of amidine groups is 1. The number of halogens is 6. The zero-order valence-corrected chi connectivity index (χ0v) is 31.5. The number of nitrogens with zero attached hydrogens (tertiary/aromatic N) is 6. The lowest BCUT2D eigenvalue weighted by molar-refractivity contribution is -0.147. The van der Waals surface area contributed by atoms with Crippen molar-refractivity contribution < 1.29 is 45.4 Å². The van der Waals surface area contributed by atoms with Gasteiger partial charge in [0.1, 0.15) is 18.3 Å². The second-order valence-corrected chi connectivity index (χ2v) is 13.9. The molecule has 1 aromatic carbocycles. The molecule has 16 heteroatoms. The number of hydrazone groups is 1. The third-order valence-electron chi connectivity index (χ3n) is 10.3. The minimum atomic E-state index is -5.01. The van der Waals surface area contributed by atoms with E-state index in [2.05, 4.69) is 10.1 Å². The minimum absolute atomic E-state index is 0.127. The molecule has 2 fully saturated rings. The summed E-state index contributed by atoms with van der Waals surface area (Å²) in [5.41, 5.74) is -2.43. The van der Waals surface area contributed by atoms with Crippen LogP contribution in [0.2, 0.25) is 0 Å². The number of likely N-dealkylation sites (tertiary alicyclic amines) is 1. The number of methoxy groups -OCH3 is 1. The molecule has 0 bridgehead atoms. The van der Waals surface area contributed by atoms with Crippen molar-refractivity contribution in [1.29, 1.82) is 0 Å². The molecule has 1 aromatic rings. The molecule has 298 valence electrons. The van der Waals surface area contributed by atoms with Gasteiger partial charge in [0.15, 0.2) is 0 Å². The van der Waals surface area contributed by atoms with E-state index in [0.29, 0.717) is 62.9 Å². The number of hydrogen-bond donors (Lipinski definition) is 0. The van der Waals surface area contributed by atoms with Gasteiger partial charge in [-0.3, -0.25) is 9.79 Å². The van der Waals surface area contributed by atoms with Crippen LogP contribution in [0.1, 0.15) is 95.8 Å². The maximum Gasteiger partial charge on any atom is 0.416 e. The summed E-state index contributed by atoms with van der Waals surface area (Å²) in [7, 11) is 2.93. The zero-order valence-electron chi connectivity index (χ0n) is 31.5. The summed E-state index contributed by atoms with van der Waals surface area (Å²) in [5, 5.41) is 5.79. The molecule has 1 saturated carbocycles. The van der Waals surface area contributed by atoms with Crippen LogP contribution >= 0.6 is 0 Å². The average Bonchev–Trinajstić information content (AvgIpc) is 3.33. The fourth-order valence-electron chi connectivity index (χ4n) is 7.51. The van der Waals surface area contributed by atoms with Gasteiger partial charge in [0, 0.05) is 43.9 Å². The first-order valence-electron chi connectivity index (χ1n) is 18.3. The third kappa shape index (κ3) is 10.4. The largest absolute Gasteiger partial charge is 0.469 e. The molecule has 4 rings (SSSR count). The minimum Gasteiger partial charge on any atom is -0.469 e. The summed E-state index contributed by atoms with van der Waals surface area (Å²) < 4.78 is 94.7. The molecule has 0 N–H and O–H groups in total. The number of benzene rings is 1. The van der Waals surface area contributed by atoms with Crippen molar-refractivity contribution in [3.63, 3.8) is 0 Å². The molecule has 1 amide bonds. The van der Waals surface area contributed by atoms with E-state index >= 15 is 0 Å². The first-order chi connectivity index (χ1) is 25.5. The second-order valence-electron chi connectivity index (χ2n) is 13.9. The highest BCUT2D eigenvalue weighted by Crippen LogP contribution is 2.39. The van der Waals surface area contributed by atoms with Crippen molar-refractivity contribution in [3.05, 3.63) is 58.9 Å². The number of carbonyl (C=O) groups is 2. The molecule has 0 spiro atoms. The van der Waals surface area contributed by atoms with Gasteiger partial charge in [-0.25, -0.2) is 14.8 Å². The average molecular weight is 769 g/mol. The summed E-state index contributed by atoms with van der Waals surface area (Å²) in [4.78, 5) is 38.2. The van der Waals surface area contributed by atoms with E-state index in [9.17, 15) is 35.9 Å². The first kappa shape index (κ1) is 42.4. The van der Waals surface area contributed by atoms with Gasteiger partial charge in [-0.2, -0.15) is 31.4 Å². The van der Waals surface area contributed by atoms with Crippen LogP contribution < -0.4 is 0 Å². The summed E-state index contributed by atoms with van der Waals surface area (Å²) >= 11 is 0. The van der Waals surface area contributed by atoms with E-state index < -0.39 is 41.5 Å². The lowest BCUT2D eigenvalue weighted by Gasteiger charge is -2.49. The van der Waals surface area contributed by atoms with E-state index in [0.717, 1.165) is 12.1 Å². The molecule has 2 heterocycles. The standard InChI is InChI=1S/C38H50F6N6O4/c1-7-29-19-32(20-30(8-2)50(29)36(52)54-33-14-11-26(12-15-33)35(51)53-6)48(22-25-16-27(37(39,40)41)18-28(17-25)38(42,43)44)34-24(4)10-13-31(21-46-34)49(23-45-5)47-9-3/h9-10,13,16-18,21,23-24,26,29-30,32-33H,7-8,11-12,14-15,19-20,22H2,1-6H3/b45-23-,47-9-/t24?,26-,29-,30+,32+,33-. The van der Waals surface area contributed by atoms with Gasteiger partial charge in [-0.1, -0.05) is 26.8 Å². The molecule has 10 nitrogen and oxygen atoms in total. The molecule has 1 aliphatic carbocycles. The Labute approximate surface area is 312 Å². The lowest BCUT2D eigenvalue weighted by atomic mass is 9.86. The number of rotatable bonds is 10. The maximum absolute atomic E-state index is 14.0. The number of aliphatic imine (C=N–C) groups is 2. The van der Waals surface area contributed by atoms with Gasteiger partial charge in [0.05, 0.1) is 36.1 Å². The molecular weight excluding hydrogens is 718 g/mol. The fraction of sp³-hybridized carbons (Fsp3) is 0.605. The van der Waals surface area contributed by atoms with E-state index in [4.69, 9.17) is 14.5 Å². The number of alkyl halides is 6. The number of carbonyl (C=O) groups excluding carboxylic acids is 2. The lowest BCUT2D eigenvalue weighted by Crippen LogP contribution is -2.58. The van der Waals surface area contributed by atoms with Gasteiger partial charge in [0.2, 0.25) is 0 Å². The Balaban J connectivity index is 1.73. The van der Waals surface area contributed by atoms with Crippen LogP contribution in [-0.4, -0.2) is 83.6 Å². The van der Waals surface area contributed by atoms with Gasteiger partial charge < -0.3 is 19.3 Å². The van der Waals surface area contributed by atoms with Crippen LogP contribution in [0.5, 0.6) is 0 Å². The van der Waals surface area contributed by atoms with Crippen molar-refractivity contribution in [2.45, 2.75) is 122 Å². The van der Waals surface area contributed by atoms with Crippen LogP contribution in [0.3, 0.4) is 0 Å². The zero-order chi connectivity index (χ0) is 39.8. The number of hydrogen-bond acceptors (Lipinski definition) is 8. The number of esters is 1. The number of ether oxygens (including phenoxy) is 2. The van der Waals surface area contributed by atoms with Crippen LogP contribution in [0.4, 0.5) is 31.1 Å². The van der Waals surface area contributed by atoms with E-state index in [1.165, 1.54) is 18.5 Å². The van der Waals surface area contributed by atoms with Crippen molar-refractivity contribution in [2.75, 3.05) is 14.2 Å². The molecule has 0 radical (unpaired) electrons. The Kier molecular flexibility index (Phi) is 14.4. The summed E-state index contributed by atoms with van der Waals surface area (Å²) in [6.07, 6.45) is 1.26. The monoisotopic (exact) mass is 768 g/mol. The van der Waals surface area contributed by atoms with E-state index in [1.54, 1.807) is 42.3 Å². The third-order valence-corrected chi connectivity index (χ3v) is 10.3. The van der Waals surface area contributed by atoms with Gasteiger partial charge in [-0.05, 0) is 88.1 Å². The van der Waals surface area contributed by atoms with Crippen LogP contribution in [0, 0.1) is 11.8 Å². The Morgan fingerprint density at radius 2 is 1.57 bits per heavy atom. The number of piperidine rings is 1. The fourth-order valence-corrected chi connectivity index (χ4v) is 7.51. The predicted molar refractivity (Wildman–Crippen MR) is 193 cm³/mol. The topological polar surface area (TPSA) is 99.4 Å². The van der Waals surface area contributed by atoms with Gasteiger partial charge >= 0.3 is 24.4 Å². The smallest absolute Gasteiger partial charge is 0.416 e. The molecule has 54 heavy (non-hydrogen) atoms. The highest BCUT2D eigenvalue weighted by molar-refractivity contribution is 5.87. The van der Waals surface area contributed by atoms with Crippen molar-refractivity contribution in [1.82, 2.24) is 14.8 Å². The predicted octanol–water partition coefficient (Wildman–Crippen LogP) is 8.83. The highest BCUT2D eigenvalue weighted by Gasteiger charge is 2.43. The second kappa shape index (κ2) is 18.3. The molecule has 0 aromatic heterocycles. The van der Waals surface area contributed by atoms with Crippen molar-refractivity contribution in [2.24, 2.45) is 26.9 Å². The van der Waals surface area contributed by atoms with Gasteiger partial charge in [0.25, 0.3) is 0 Å². The maximum atomic E-state index is 14.0. The highest BCUT2D eigenvalue weighted by atomic mass is 19.4. The molecule has 4 atom stereocenters. The quantitative estimate of drug-likeness (QED) is 0.0776. The van der Waals surface area contributed by atoms with Crippen LogP contribution in [-0.2, 0) is 33.2 Å². The summed E-state index contributed by atoms with van der Waals surface area (Å²) in [6, 6.07) is 0.526. The normalized spacial score (nSPS) is 25.3. The Bertz CT molecular complexity index is 1560. The molecule has 1 saturated heterocycles. The summed E-state index contributed by atoms with van der Waals surface area (Å²) in [6.45, 7) is 7.13. The summed E-state index contributed by atoms with van der Waals surface area (Å²) in [5.74, 6) is -0.491. The SMILES string of the molecule is C/C=N\N(/C=N\C)C1=CN=C(N(Cc2cc(C(F)(F)F)cc(C(F)(F)F)c2)[C@H]2C[C@@H](CC)N(C(=O)O[C@H]3CC[C@H](C(=O)OC)CC3)[C@@H](CC)C2)C(C)C=C1. The molecular formula is C38H50F6N6O4. The molecule has 3 aliphatic rings. The van der Waals surface area contributed by atoms with Crippen LogP contribution in [0.25, 0.3) is 0 Å². The molecule has 2 aliphatic heterocycles. The number of allylic oxidation sites excluding steroid dienone is 1. The molecule has 1 unspecified atom stereocenters. The first-order valence-corrected chi connectivity index (χ1v) is 18.3. The Hall–Kier alpha value is -4.37. The van der Waals surface area contributed by atoms with E-state index in [-0.39, 0.29) is 48.2 Å². The van der Waals surface area contributed by atoms with Crippen molar-refractivity contribution >= 4 is 30.5 Å². The van der Waals surface area contributed by atoms with Crippen LogP contribution in [0.15, 0.2) is 57.3 Å². The number of amides is 1. The Morgan fingerprint density at radius 1 is 0.981 bits per heavy atom. The van der Waals surface area contributed by atoms with E-state index in [1.807, 2.05) is 26.8 Å². The Morgan fingerprint density at radius 3 is 2.07 bits per heavy atom. The van der Waals surface area contributed by atoms with Gasteiger partial charge in [-0.15, -0.1) is 0 Å².